The van der Waals surface area contributed by atoms with Gasteiger partial charge >= 0.3 is 11.9 Å². The minimum Gasteiger partial charge on any atom is -0.460 e. The lowest BCUT2D eigenvalue weighted by Crippen LogP contribution is -2.23. The number of amides is 1. The number of aryl methyl sites for hydroxylation is 1. The van der Waals surface area contributed by atoms with Crippen LogP contribution in [-0.2, 0) is 19.1 Å². The maximum Gasteiger partial charge on any atom is 0.347 e. The van der Waals surface area contributed by atoms with Gasteiger partial charge in [-0.15, -0.1) is 11.8 Å². The number of benzene rings is 2. The van der Waals surface area contributed by atoms with Crippen LogP contribution in [0.5, 0.6) is 0 Å². The number of anilines is 1. The summed E-state index contributed by atoms with van der Waals surface area (Å²) in [6.07, 6.45) is -0.801. The predicted molar refractivity (Wildman–Crippen MR) is 106 cm³/mol. The van der Waals surface area contributed by atoms with E-state index in [-0.39, 0.29) is 17.8 Å². The van der Waals surface area contributed by atoms with Crippen LogP contribution >= 0.6 is 11.8 Å². The Morgan fingerprint density at radius 3 is 2.57 bits per heavy atom. The first-order valence-electron chi connectivity index (χ1n) is 8.92. The maximum atomic E-state index is 12.5. The second kappa shape index (κ2) is 8.93. The molecule has 1 N–H and O–H groups in total. The number of carbonyl (C=O) groups excluding carboxylic acids is 3. The summed E-state index contributed by atoms with van der Waals surface area (Å²) in [5.41, 5.74) is 2.15. The highest BCUT2D eigenvalue weighted by molar-refractivity contribution is 8.00. The third-order valence-corrected chi connectivity index (χ3v) is 5.25. The van der Waals surface area contributed by atoms with Crippen LogP contribution in [0.1, 0.15) is 29.3 Å². The number of esters is 2. The summed E-state index contributed by atoms with van der Waals surface area (Å²) in [4.78, 5) is 37.0. The fraction of sp³-hybridized carbons (Fsp3) is 0.286. The summed E-state index contributed by atoms with van der Waals surface area (Å²) in [6, 6.07) is 14.4. The van der Waals surface area contributed by atoms with Crippen molar-refractivity contribution in [3.05, 3.63) is 59.7 Å². The number of rotatable bonds is 6. The lowest BCUT2D eigenvalue weighted by Gasteiger charge is -2.12. The van der Waals surface area contributed by atoms with E-state index in [1.807, 2.05) is 31.2 Å². The van der Waals surface area contributed by atoms with Crippen LogP contribution in [0.25, 0.3) is 0 Å². The highest BCUT2D eigenvalue weighted by atomic mass is 32.2. The lowest BCUT2D eigenvalue weighted by atomic mass is 10.2. The Kier molecular flexibility index (Phi) is 6.36. The molecule has 3 rings (SSSR count). The van der Waals surface area contributed by atoms with Gasteiger partial charge in [0.05, 0.1) is 11.3 Å². The van der Waals surface area contributed by atoms with Crippen LogP contribution in [0.4, 0.5) is 5.69 Å². The highest BCUT2D eigenvalue weighted by Crippen LogP contribution is 2.26. The molecule has 1 heterocycles. The molecule has 0 aromatic heterocycles. The average molecular weight is 399 g/mol. The van der Waals surface area contributed by atoms with E-state index in [2.05, 4.69) is 5.32 Å². The van der Waals surface area contributed by atoms with Crippen molar-refractivity contribution in [2.24, 2.45) is 0 Å². The summed E-state index contributed by atoms with van der Waals surface area (Å²) >= 11 is 1.24. The Morgan fingerprint density at radius 2 is 1.89 bits per heavy atom. The van der Waals surface area contributed by atoms with Crippen molar-refractivity contribution in [3.8, 4) is 0 Å². The Bertz CT molecular complexity index is 881. The molecule has 7 heteroatoms. The number of hydrogen-bond donors (Lipinski definition) is 1. The molecule has 0 radical (unpaired) electrons. The zero-order valence-corrected chi connectivity index (χ0v) is 16.5. The molecule has 0 unspecified atom stereocenters. The van der Waals surface area contributed by atoms with Crippen molar-refractivity contribution in [1.82, 2.24) is 0 Å². The third kappa shape index (κ3) is 5.13. The number of carbonyl (C=O) groups is 3. The topological polar surface area (TPSA) is 81.7 Å². The number of hydrogen-bond acceptors (Lipinski definition) is 6. The molecule has 2 atom stereocenters. The van der Waals surface area contributed by atoms with Crippen LogP contribution in [0.2, 0.25) is 0 Å². The number of thioether (sulfide) groups is 1. The molecule has 0 spiro atoms. The molecule has 0 saturated carbocycles. The molecule has 2 aromatic rings. The first-order chi connectivity index (χ1) is 13.4. The van der Waals surface area contributed by atoms with Gasteiger partial charge in [0.1, 0.15) is 6.10 Å². The van der Waals surface area contributed by atoms with E-state index in [0.717, 1.165) is 11.3 Å². The van der Waals surface area contributed by atoms with Gasteiger partial charge in [-0.1, -0.05) is 29.8 Å². The van der Waals surface area contributed by atoms with E-state index < -0.39 is 18.0 Å². The van der Waals surface area contributed by atoms with Crippen LogP contribution in [0.15, 0.2) is 53.4 Å². The van der Waals surface area contributed by atoms with Gasteiger partial charge in [0.2, 0.25) is 12.0 Å². The largest absolute Gasteiger partial charge is 0.460 e. The second-order valence-electron chi connectivity index (χ2n) is 6.58. The molecule has 1 aliphatic heterocycles. The molecular formula is C21H21NO5S. The highest BCUT2D eigenvalue weighted by Gasteiger charge is 2.35. The van der Waals surface area contributed by atoms with Crippen molar-refractivity contribution >= 4 is 35.3 Å². The van der Waals surface area contributed by atoms with Gasteiger partial charge < -0.3 is 14.8 Å². The minimum absolute atomic E-state index is 0.140. The molecule has 0 aliphatic carbocycles. The number of nitrogens with one attached hydrogen (secondary N) is 1. The monoisotopic (exact) mass is 399 g/mol. The molecule has 0 bridgehead atoms. The fourth-order valence-electron chi connectivity index (χ4n) is 2.75. The molecule has 1 fully saturated rings. The molecule has 1 saturated heterocycles. The van der Waals surface area contributed by atoms with Gasteiger partial charge in [0.25, 0.3) is 0 Å². The first kappa shape index (κ1) is 19.9. The fourth-order valence-corrected chi connectivity index (χ4v) is 3.59. The van der Waals surface area contributed by atoms with Gasteiger partial charge in [0, 0.05) is 17.0 Å². The van der Waals surface area contributed by atoms with Gasteiger partial charge in [-0.3, -0.25) is 4.79 Å². The summed E-state index contributed by atoms with van der Waals surface area (Å²) in [7, 11) is 0. The van der Waals surface area contributed by atoms with Crippen molar-refractivity contribution in [2.75, 3.05) is 11.1 Å². The molecule has 6 nitrogen and oxygen atoms in total. The number of ether oxygens (including phenoxy) is 2. The summed E-state index contributed by atoms with van der Waals surface area (Å²) < 4.78 is 10.3. The van der Waals surface area contributed by atoms with E-state index in [1.54, 1.807) is 31.2 Å². The van der Waals surface area contributed by atoms with Crippen molar-refractivity contribution in [2.45, 2.75) is 37.4 Å². The lowest BCUT2D eigenvalue weighted by molar-refractivity contribution is -0.147. The Morgan fingerprint density at radius 1 is 1.18 bits per heavy atom. The number of cyclic esters (lactones) is 1. The van der Waals surface area contributed by atoms with Crippen molar-refractivity contribution < 1.29 is 23.9 Å². The van der Waals surface area contributed by atoms with Gasteiger partial charge in [-0.2, -0.15) is 0 Å². The Labute approximate surface area is 167 Å². The van der Waals surface area contributed by atoms with E-state index >= 15 is 0 Å². The minimum atomic E-state index is -0.884. The van der Waals surface area contributed by atoms with E-state index in [9.17, 15) is 14.4 Å². The normalized spacial score (nSPS) is 18.4. The smallest absolute Gasteiger partial charge is 0.347 e. The standard InChI is InChI=1S/C21H21NO5S/c1-13-7-9-15(10-8-13)22-19(23)12-28-18-6-4-3-5-16(18)20(24)27-17-11-14(2)26-21(17)25/h3-10,14,17H,11-12H2,1-2H3,(H,22,23)/t14-,17-/m0/s1. The average Bonchev–Trinajstić information content (AvgIpc) is 2.99. The summed E-state index contributed by atoms with van der Waals surface area (Å²) in [5.74, 6) is -1.16. The quantitative estimate of drug-likeness (QED) is 0.591. The zero-order valence-electron chi connectivity index (χ0n) is 15.6. The Hall–Kier alpha value is -2.80. The Balaban J connectivity index is 1.60. The van der Waals surface area contributed by atoms with Crippen molar-refractivity contribution in [1.29, 1.82) is 0 Å². The van der Waals surface area contributed by atoms with Gasteiger partial charge in [-0.05, 0) is 38.1 Å². The van der Waals surface area contributed by atoms with E-state index in [0.29, 0.717) is 16.9 Å². The zero-order chi connectivity index (χ0) is 20.1. The van der Waals surface area contributed by atoms with Gasteiger partial charge in [-0.25, -0.2) is 9.59 Å². The van der Waals surface area contributed by atoms with Crippen LogP contribution in [0.3, 0.4) is 0 Å². The van der Waals surface area contributed by atoms with Crippen LogP contribution in [-0.4, -0.2) is 35.8 Å². The van der Waals surface area contributed by atoms with Crippen molar-refractivity contribution in [3.63, 3.8) is 0 Å². The van der Waals surface area contributed by atoms with Crippen LogP contribution in [0, 0.1) is 6.92 Å². The predicted octanol–water partition coefficient (Wildman–Crippen LogP) is 3.59. The molecule has 28 heavy (non-hydrogen) atoms. The van der Waals surface area contributed by atoms with Gasteiger partial charge in [0.15, 0.2) is 0 Å². The molecular weight excluding hydrogens is 378 g/mol. The van der Waals surface area contributed by atoms with Crippen LogP contribution < -0.4 is 5.32 Å². The SMILES string of the molecule is Cc1ccc(NC(=O)CSc2ccccc2C(=O)O[C@H]2C[C@H](C)OC2=O)cc1. The first-order valence-corrected chi connectivity index (χ1v) is 9.91. The maximum absolute atomic E-state index is 12.5. The summed E-state index contributed by atoms with van der Waals surface area (Å²) in [6.45, 7) is 3.73. The second-order valence-corrected chi connectivity index (χ2v) is 7.59. The van der Waals surface area contributed by atoms with E-state index in [1.165, 1.54) is 11.8 Å². The molecule has 146 valence electrons. The molecule has 2 aromatic carbocycles. The van der Waals surface area contributed by atoms with E-state index in [4.69, 9.17) is 9.47 Å². The third-order valence-electron chi connectivity index (χ3n) is 4.18. The molecule has 1 aliphatic rings. The molecule has 1 amide bonds. The summed E-state index contributed by atoms with van der Waals surface area (Å²) in [5, 5.41) is 2.82.